The highest BCUT2D eigenvalue weighted by Gasteiger charge is 2.54. The monoisotopic (exact) mass is 717 g/mol. The summed E-state index contributed by atoms with van der Waals surface area (Å²) in [5.41, 5.74) is 11.5. The van der Waals surface area contributed by atoms with Crippen molar-refractivity contribution >= 4 is 60.2 Å². The highest BCUT2D eigenvalue weighted by molar-refractivity contribution is 8.07. The molecule has 21 nitrogen and oxygen atoms in total. The van der Waals surface area contributed by atoms with Crippen molar-refractivity contribution in [2.45, 2.75) is 56.0 Å². The number of aromatic nitrogens is 7. The Morgan fingerprint density at radius 2 is 1.85 bits per heavy atom. The normalized spacial score (nSPS) is 36.6. The summed E-state index contributed by atoms with van der Waals surface area (Å²) in [5.74, 6) is -0.0167. The third-order valence-electron chi connectivity index (χ3n) is 7.80. The largest absolute Gasteiger partial charge is 0.472 e. The zero-order valence-electron chi connectivity index (χ0n) is 24.2. The number of aromatic amines is 1. The molecule has 4 unspecified atom stereocenters. The molecule has 3 fully saturated rings. The number of nitrogens with zero attached hydrogens (tertiary/aromatic N) is 6. The summed E-state index contributed by atoms with van der Waals surface area (Å²) in [6.45, 7) is -3.60. The van der Waals surface area contributed by atoms with Crippen LogP contribution in [0.2, 0.25) is 0 Å². The van der Waals surface area contributed by atoms with Crippen LogP contribution in [0.3, 0.4) is 0 Å². The Kier molecular flexibility index (Phi) is 8.45. The van der Waals surface area contributed by atoms with Gasteiger partial charge in [0.05, 0.1) is 24.8 Å². The summed E-state index contributed by atoms with van der Waals surface area (Å²) in [6.07, 6.45) is -6.38. The molecule has 8 N–H and O–H groups in total. The van der Waals surface area contributed by atoms with Crippen LogP contribution in [0.15, 0.2) is 29.6 Å². The Morgan fingerprint density at radius 1 is 1.09 bits per heavy atom. The van der Waals surface area contributed by atoms with Gasteiger partial charge in [-0.1, -0.05) is 0 Å². The highest BCUT2D eigenvalue weighted by Crippen LogP contribution is 2.54. The van der Waals surface area contributed by atoms with Crippen LogP contribution in [-0.4, -0.2) is 106 Å². The minimum atomic E-state index is -4.96. The quantitative estimate of drug-likeness (QED) is 0.144. The number of ether oxygens (including phenoxy) is 3. The zero-order valence-corrected chi connectivity index (χ0v) is 26.8. The van der Waals surface area contributed by atoms with E-state index in [1.807, 2.05) is 0 Å². The van der Waals surface area contributed by atoms with Gasteiger partial charge >= 0.3 is 14.5 Å². The van der Waals surface area contributed by atoms with Crippen LogP contribution in [0.1, 0.15) is 19.4 Å². The van der Waals surface area contributed by atoms with Crippen molar-refractivity contribution in [1.82, 2.24) is 34.3 Å². The lowest BCUT2D eigenvalue weighted by atomic mass is 10.1. The molecule has 2 bridgehead atoms. The fourth-order valence-corrected chi connectivity index (χ4v) is 8.17. The third kappa shape index (κ3) is 5.99. The number of phosphoric acid groups is 1. The molecule has 24 heteroatoms. The first kappa shape index (κ1) is 32.6. The van der Waals surface area contributed by atoms with E-state index in [2.05, 4.69) is 25.0 Å². The van der Waals surface area contributed by atoms with Crippen LogP contribution in [0.4, 0.5) is 11.8 Å². The lowest BCUT2D eigenvalue weighted by Crippen LogP contribution is -2.38. The zero-order chi connectivity index (χ0) is 33.2. The van der Waals surface area contributed by atoms with Crippen molar-refractivity contribution in [3.05, 3.63) is 35.1 Å². The van der Waals surface area contributed by atoms with Gasteiger partial charge in [0.2, 0.25) is 5.95 Å². The Balaban J connectivity index is 1.23. The third-order valence-corrected chi connectivity index (χ3v) is 10.3. The van der Waals surface area contributed by atoms with E-state index in [-0.39, 0.29) is 29.4 Å². The standard InChI is InChI=1S/C23H29N9O12P2S/c1-2-38-15-12-6-39-45(35,36)43-14-11(41-21(13(14)33)31-4-3-9-17(24)26-8-27-18(9)31)7-40-46(37,47)44-16(15)22(42-12)32-19-10(5-28-32)20(34)30-23(25)29-19/h3-5,8,11-16,21-22,33H,2,6-7H2,1H3,(H,35,36)(H,37,47)(H2,24,26,27)(H3,25,29,30,34)/t11-,12-,13+,14?,15?,16+,21-,22-,46?/m1/s1. The Bertz CT molecular complexity index is 1980. The fraction of sp³-hybridized carbons (Fsp3) is 0.522. The number of aliphatic hydroxyl groups is 1. The molecule has 7 rings (SSSR count). The van der Waals surface area contributed by atoms with Gasteiger partial charge in [0.1, 0.15) is 59.8 Å². The second-order valence-electron chi connectivity index (χ2n) is 10.7. The van der Waals surface area contributed by atoms with E-state index in [9.17, 15) is 24.3 Å². The molecule has 254 valence electrons. The van der Waals surface area contributed by atoms with Crippen molar-refractivity contribution < 1.29 is 51.8 Å². The highest BCUT2D eigenvalue weighted by atomic mass is 32.5. The molecule has 7 heterocycles. The van der Waals surface area contributed by atoms with Crippen LogP contribution in [-0.2, 0) is 48.7 Å². The SMILES string of the molecule is CCOC1[C@H]2COP(=O)(O)OC3[C@@H](COP(O)(=S)O[C@@H]1[C@H](n1ncc4c(=O)[nH]c(N)nc41)O2)O[C@@H](n1ccc2c(N)ncnc21)[C@H]3O. The maximum Gasteiger partial charge on any atom is 0.472 e. The molecule has 10 atom stereocenters. The van der Waals surface area contributed by atoms with Crippen LogP contribution in [0, 0.1) is 0 Å². The van der Waals surface area contributed by atoms with Gasteiger partial charge in [-0.3, -0.25) is 23.3 Å². The second kappa shape index (κ2) is 12.2. The number of fused-ring (bicyclic) bond motifs is 5. The van der Waals surface area contributed by atoms with E-state index < -0.39 is 82.4 Å². The number of aliphatic hydroxyl groups excluding tert-OH is 1. The number of nitrogens with two attached hydrogens (primary N) is 2. The minimum absolute atomic E-state index is 0.0119. The molecular weight excluding hydrogens is 688 g/mol. The maximum absolute atomic E-state index is 13.3. The number of nitrogen functional groups attached to an aromatic ring is 2. The minimum Gasteiger partial charge on any atom is -0.386 e. The Labute approximate surface area is 268 Å². The molecule has 0 saturated carbocycles. The van der Waals surface area contributed by atoms with Crippen LogP contribution >= 0.6 is 14.5 Å². The summed E-state index contributed by atoms with van der Waals surface area (Å²) in [4.78, 5) is 49.2. The van der Waals surface area contributed by atoms with E-state index in [0.717, 1.165) is 0 Å². The lowest BCUT2D eigenvalue weighted by molar-refractivity contribution is -0.0687. The summed E-state index contributed by atoms with van der Waals surface area (Å²) < 4.78 is 56.4. The predicted octanol–water partition coefficient (Wildman–Crippen LogP) is -0.576. The first-order valence-corrected chi connectivity index (χ1v) is 18.2. The molecule has 0 spiro atoms. The predicted molar refractivity (Wildman–Crippen MR) is 162 cm³/mol. The van der Waals surface area contributed by atoms with Gasteiger partial charge in [0.15, 0.2) is 18.1 Å². The number of hydrogen-bond donors (Lipinski definition) is 6. The fourth-order valence-electron chi connectivity index (χ4n) is 5.80. The molecule has 3 saturated heterocycles. The summed E-state index contributed by atoms with van der Waals surface area (Å²) in [5, 5.41) is 16.1. The average molecular weight is 718 g/mol. The number of hydrogen-bond acceptors (Lipinski definition) is 17. The van der Waals surface area contributed by atoms with Gasteiger partial charge in [-0.2, -0.15) is 10.1 Å². The molecular formula is C23H29N9O12P2S. The average Bonchev–Trinajstić information content (AvgIpc) is 3.76. The maximum atomic E-state index is 13.3. The van der Waals surface area contributed by atoms with E-state index in [1.54, 1.807) is 13.0 Å². The lowest BCUT2D eigenvalue weighted by Gasteiger charge is -2.28. The molecule has 47 heavy (non-hydrogen) atoms. The van der Waals surface area contributed by atoms with Gasteiger partial charge in [0, 0.05) is 12.8 Å². The Morgan fingerprint density at radius 3 is 2.64 bits per heavy atom. The number of H-pyrrole nitrogens is 1. The smallest absolute Gasteiger partial charge is 0.386 e. The van der Waals surface area contributed by atoms with E-state index in [1.165, 1.54) is 28.0 Å². The van der Waals surface area contributed by atoms with Crippen LogP contribution in [0.5, 0.6) is 0 Å². The molecule has 4 aromatic rings. The van der Waals surface area contributed by atoms with Gasteiger partial charge in [0.25, 0.3) is 5.56 Å². The number of rotatable bonds is 4. The van der Waals surface area contributed by atoms with Crippen LogP contribution < -0.4 is 17.0 Å². The van der Waals surface area contributed by atoms with Crippen LogP contribution in [0.25, 0.3) is 22.1 Å². The van der Waals surface area contributed by atoms with Crippen molar-refractivity contribution in [1.29, 1.82) is 0 Å². The number of nitrogens with one attached hydrogen (secondary N) is 1. The molecule has 3 aliphatic heterocycles. The van der Waals surface area contributed by atoms with Crippen molar-refractivity contribution in [3.8, 4) is 0 Å². The molecule has 0 aromatic carbocycles. The summed E-state index contributed by atoms with van der Waals surface area (Å²) >= 11 is 5.36. The number of anilines is 2. The number of phosphoric ester groups is 1. The topological polar surface area (TPSA) is 289 Å². The van der Waals surface area contributed by atoms with Crippen molar-refractivity contribution in [3.63, 3.8) is 0 Å². The first-order chi connectivity index (χ1) is 22.4. The van der Waals surface area contributed by atoms with Gasteiger partial charge in [-0.25, -0.2) is 19.2 Å². The van der Waals surface area contributed by atoms with E-state index in [4.69, 9.17) is 55.6 Å². The summed E-state index contributed by atoms with van der Waals surface area (Å²) in [6, 6.07) is 1.61. The Hall–Kier alpha value is -2.95. The molecule has 4 aromatic heterocycles. The van der Waals surface area contributed by atoms with Gasteiger partial charge in [-0.05, 0) is 24.8 Å². The van der Waals surface area contributed by atoms with Crippen molar-refractivity contribution in [2.24, 2.45) is 0 Å². The second-order valence-corrected chi connectivity index (χ2v) is 14.9. The van der Waals surface area contributed by atoms with Gasteiger partial charge in [-0.15, -0.1) is 0 Å². The molecule has 3 aliphatic rings. The van der Waals surface area contributed by atoms with Gasteiger partial charge < -0.3 is 49.7 Å². The molecule has 0 radical (unpaired) electrons. The summed E-state index contributed by atoms with van der Waals surface area (Å²) in [7, 11) is -4.96. The molecule has 0 aliphatic carbocycles. The van der Waals surface area contributed by atoms with Crippen molar-refractivity contribution in [2.75, 3.05) is 31.3 Å². The van der Waals surface area contributed by atoms with E-state index in [0.29, 0.717) is 11.0 Å². The first-order valence-electron chi connectivity index (χ1n) is 14.1. The van der Waals surface area contributed by atoms with E-state index >= 15 is 0 Å². The molecule has 0 amide bonds.